The lowest BCUT2D eigenvalue weighted by atomic mass is 10.2. The fourth-order valence-electron chi connectivity index (χ4n) is 1.78. The number of aromatic nitrogens is 2. The van der Waals surface area contributed by atoms with Crippen LogP contribution in [0, 0.1) is 10.1 Å². The number of anilines is 2. The molecule has 0 fully saturated rings. The van der Waals surface area contributed by atoms with E-state index in [2.05, 4.69) is 15.5 Å². The Balaban J connectivity index is 2.30. The van der Waals surface area contributed by atoms with Crippen molar-refractivity contribution in [2.45, 2.75) is 16.9 Å². The van der Waals surface area contributed by atoms with Gasteiger partial charge in [-0.1, -0.05) is 0 Å². The van der Waals surface area contributed by atoms with Crippen molar-refractivity contribution in [2.24, 2.45) is 0 Å². The topological polar surface area (TPSA) is 131 Å². The van der Waals surface area contributed by atoms with E-state index in [9.17, 15) is 31.7 Å². The van der Waals surface area contributed by atoms with E-state index in [1.165, 1.54) is 0 Å². The number of nitrogens with zero attached hydrogens (tertiary/aromatic N) is 4. The van der Waals surface area contributed by atoms with Gasteiger partial charge in [-0.15, -0.1) is 0 Å². The Morgan fingerprint density at radius 3 is 2.50 bits per heavy atom. The zero-order valence-corrected chi connectivity index (χ0v) is 14.1. The second-order valence-electron chi connectivity index (χ2n) is 5.12. The zero-order chi connectivity index (χ0) is 19.7. The first-order valence-electron chi connectivity index (χ1n) is 6.77. The van der Waals surface area contributed by atoms with E-state index in [0.29, 0.717) is 12.1 Å². The fourth-order valence-corrected chi connectivity index (χ4v) is 2.56. The average molecular weight is 395 g/mol. The largest absolute Gasteiger partial charge is 0.501 e. The van der Waals surface area contributed by atoms with E-state index >= 15 is 0 Å². The van der Waals surface area contributed by atoms with Crippen LogP contribution in [-0.4, -0.2) is 43.1 Å². The maximum Gasteiger partial charge on any atom is 0.501 e. The minimum absolute atomic E-state index is 0.0648. The van der Waals surface area contributed by atoms with Crippen LogP contribution in [0.5, 0.6) is 0 Å². The minimum Gasteiger partial charge on any atom is -0.371 e. The van der Waals surface area contributed by atoms with Crippen LogP contribution in [0.2, 0.25) is 0 Å². The van der Waals surface area contributed by atoms with E-state index in [0.717, 1.165) is 6.07 Å². The molecule has 0 spiro atoms. The highest BCUT2D eigenvalue weighted by Crippen LogP contribution is 2.34. The van der Waals surface area contributed by atoms with E-state index in [-0.39, 0.29) is 24.1 Å². The molecule has 0 radical (unpaired) electrons. The van der Waals surface area contributed by atoms with Gasteiger partial charge in [0.05, 0.1) is 16.4 Å². The lowest BCUT2D eigenvalue weighted by Gasteiger charge is -2.10. The summed E-state index contributed by atoms with van der Waals surface area (Å²) in [5.74, 6) is 0.318. The average Bonchev–Trinajstić information content (AvgIpc) is 3.00. The number of nitro benzene ring substituents is 1. The Kier molecular flexibility index (Phi) is 5.06. The van der Waals surface area contributed by atoms with E-state index in [1.54, 1.807) is 19.0 Å². The Labute approximate surface area is 144 Å². The molecule has 0 saturated carbocycles. The van der Waals surface area contributed by atoms with Gasteiger partial charge < -0.3 is 14.7 Å². The first kappa shape index (κ1) is 19.4. The first-order chi connectivity index (χ1) is 11.9. The summed E-state index contributed by atoms with van der Waals surface area (Å²) in [5, 5.41) is 17.3. The molecule has 1 aromatic carbocycles. The summed E-state index contributed by atoms with van der Waals surface area (Å²) in [6, 6.07) is 1.82. The third kappa shape index (κ3) is 3.84. The summed E-state index contributed by atoms with van der Waals surface area (Å²) in [6.45, 7) is -0.160. The number of hydrogen-bond acceptors (Lipinski definition) is 9. The molecule has 2 aromatic rings. The van der Waals surface area contributed by atoms with E-state index < -0.39 is 30.9 Å². The smallest absolute Gasteiger partial charge is 0.371 e. The van der Waals surface area contributed by atoms with Crippen molar-refractivity contribution in [1.82, 2.24) is 10.1 Å². The molecular formula is C12H12F3N5O5S. The highest BCUT2D eigenvalue weighted by molar-refractivity contribution is 7.92. The molecule has 0 saturated heterocycles. The van der Waals surface area contributed by atoms with Crippen LogP contribution in [0.25, 0.3) is 0 Å². The SMILES string of the molecule is CN(C)c1noc(CNc2ccc(S(=O)(=O)C(F)(F)F)cc2[N+](=O)[O-])n1. The van der Waals surface area contributed by atoms with Gasteiger partial charge >= 0.3 is 5.51 Å². The highest BCUT2D eigenvalue weighted by atomic mass is 32.2. The summed E-state index contributed by atoms with van der Waals surface area (Å²) >= 11 is 0. The number of hydrogen-bond donors (Lipinski definition) is 1. The van der Waals surface area contributed by atoms with Gasteiger partial charge in [-0.05, 0) is 17.3 Å². The fraction of sp³-hybridized carbons (Fsp3) is 0.333. The Morgan fingerprint density at radius 2 is 2.00 bits per heavy atom. The summed E-state index contributed by atoms with van der Waals surface area (Å²) < 4.78 is 65.4. The van der Waals surface area contributed by atoms with Crippen molar-refractivity contribution in [1.29, 1.82) is 0 Å². The Bertz CT molecular complexity index is 926. The number of halogens is 3. The molecule has 26 heavy (non-hydrogen) atoms. The molecule has 0 unspecified atom stereocenters. The monoisotopic (exact) mass is 395 g/mol. The zero-order valence-electron chi connectivity index (χ0n) is 13.3. The molecule has 0 aliphatic rings. The van der Waals surface area contributed by atoms with Crippen LogP contribution < -0.4 is 10.2 Å². The third-order valence-corrected chi connectivity index (χ3v) is 4.55. The standard InChI is InChI=1S/C12H12F3N5O5S/c1-19(2)11-17-10(25-18-11)6-16-8-4-3-7(5-9(8)20(21)22)26(23,24)12(13,14)15/h3-5,16H,6H2,1-2H3. The number of sulfone groups is 1. The van der Waals surface area contributed by atoms with Gasteiger partial charge in [0.2, 0.25) is 5.89 Å². The first-order valence-corrected chi connectivity index (χ1v) is 8.25. The van der Waals surface area contributed by atoms with Crippen LogP contribution in [0.4, 0.5) is 30.5 Å². The predicted molar refractivity (Wildman–Crippen MR) is 82.3 cm³/mol. The molecule has 10 nitrogen and oxygen atoms in total. The summed E-state index contributed by atoms with van der Waals surface area (Å²) in [5.41, 5.74) is -6.62. The molecule has 0 bridgehead atoms. The molecule has 0 amide bonds. The maximum atomic E-state index is 12.6. The van der Waals surface area contributed by atoms with Crippen molar-refractivity contribution in [3.63, 3.8) is 0 Å². The van der Waals surface area contributed by atoms with Gasteiger partial charge in [-0.25, -0.2) is 8.42 Å². The highest BCUT2D eigenvalue weighted by Gasteiger charge is 2.47. The molecule has 0 atom stereocenters. The lowest BCUT2D eigenvalue weighted by Crippen LogP contribution is -2.23. The molecule has 1 N–H and O–H groups in total. The van der Waals surface area contributed by atoms with Gasteiger partial charge in [0.25, 0.3) is 21.5 Å². The predicted octanol–water partition coefficient (Wildman–Crippen LogP) is 1.95. The molecule has 0 aliphatic heterocycles. The maximum absolute atomic E-state index is 12.6. The Morgan fingerprint density at radius 1 is 1.35 bits per heavy atom. The number of alkyl halides is 3. The molecule has 0 aliphatic carbocycles. The normalized spacial score (nSPS) is 12.0. The number of rotatable bonds is 6. The van der Waals surface area contributed by atoms with Crippen LogP contribution >= 0.6 is 0 Å². The second kappa shape index (κ2) is 6.78. The Hall–Kier alpha value is -2.90. The summed E-state index contributed by atoms with van der Waals surface area (Å²) in [7, 11) is -2.38. The summed E-state index contributed by atoms with van der Waals surface area (Å²) in [4.78, 5) is 14.4. The third-order valence-electron chi connectivity index (χ3n) is 3.07. The lowest BCUT2D eigenvalue weighted by molar-refractivity contribution is -0.384. The van der Waals surface area contributed by atoms with Gasteiger partial charge in [-0.3, -0.25) is 10.1 Å². The van der Waals surface area contributed by atoms with Gasteiger partial charge in [0, 0.05) is 20.2 Å². The van der Waals surface area contributed by atoms with Crippen molar-refractivity contribution < 1.29 is 31.0 Å². The molecular weight excluding hydrogens is 383 g/mol. The second-order valence-corrected chi connectivity index (χ2v) is 7.06. The van der Waals surface area contributed by atoms with Gasteiger partial charge in [0.1, 0.15) is 5.69 Å². The number of benzene rings is 1. The quantitative estimate of drug-likeness (QED) is 0.576. The molecule has 14 heteroatoms. The van der Waals surface area contributed by atoms with Crippen LogP contribution in [0.1, 0.15) is 5.89 Å². The number of nitrogens with one attached hydrogen (secondary N) is 1. The van der Waals surface area contributed by atoms with Crippen LogP contribution in [0.3, 0.4) is 0 Å². The molecule has 142 valence electrons. The minimum atomic E-state index is -5.70. The van der Waals surface area contributed by atoms with E-state index in [4.69, 9.17) is 4.52 Å². The van der Waals surface area contributed by atoms with Crippen LogP contribution in [0.15, 0.2) is 27.6 Å². The molecule has 1 aromatic heterocycles. The van der Waals surface area contributed by atoms with E-state index in [1.807, 2.05) is 0 Å². The summed E-state index contributed by atoms with van der Waals surface area (Å²) in [6.07, 6.45) is 0. The molecule has 1 heterocycles. The van der Waals surface area contributed by atoms with Gasteiger partial charge in [-0.2, -0.15) is 18.2 Å². The van der Waals surface area contributed by atoms with Crippen molar-refractivity contribution in [3.8, 4) is 0 Å². The van der Waals surface area contributed by atoms with Crippen molar-refractivity contribution in [2.75, 3.05) is 24.3 Å². The van der Waals surface area contributed by atoms with Crippen molar-refractivity contribution in [3.05, 3.63) is 34.2 Å². The molecule has 2 rings (SSSR count). The number of nitro groups is 1. The van der Waals surface area contributed by atoms with Crippen LogP contribution in [-0.2, 0) is 16.4 Å². The van der Waals surface area contributed by atoms with Crippen molar-refractivity contribution >= 4 is 27.2 Å². The van der Waals surface area contributed by atoms with Gasteiger partial charge in [0.15, 0.2) is 0 Å².